The third-order valence-corrected chi connectivity index (χ3v) is 4.51. The van der Waals surface area contributed by atoms with Gasteiger partial charge in [0.1, 0.15) is 0 Å². The van der Waals surface area contributed by atoms with Crippen molar-refractivity contribution in [1.82, 2.24) is 20.1 Å². The minimum absolute atomic E-state index is 0.245. The average Bonchev–Trinajstić information content (AvgIpc) is 3.13. The maximum atomic E-state index is 13.0. The zero-order valence-electron chi connectivity index (χ0n) is 13.5. The number of aromatic nitrogens is 3. The van der Waals surface area contributed by atoms with Gasteiger partial charge in [-0.1, -0.05) is 6.07 Å². The molecule has 4 heterocycles. The number of nitrogens with zero attached hydrogens (tertiary/aromatic N) is 5. The molecule has 4 rings (SSSR count). The number of nitrogens with one attached hydrogen (secondary N) is 1. The van der Waals surface area contributed by atoms with Gasteiger partial charge in [0.25, 0.3) is 0 Å². The van der Waals surface area contributed by atoms with Crippen molar-refractivity contribution < 1.29 is 4.39 Å². The van der Waals surface area contributed by atoms with E-state index in [1.807, 2.05) is 19.1 Å². The first kappa shape index (κ1) is 15.1. The van der Waals surface area contributed by atoms with Gasteiger partial charge in [-0.3, -0.25) is 9.98 Å². The summed E-state index contributed by atoms with van der Waals surface area (Å²) < 4.78 is 14.5. The number of piperidine rings is 1. The van der Waals surface area contributed by atoms with E-state index in [2.05, 4.69) is 15.4 Å². The van der Waals surface area contributed by atoms with E-state index in [0.717, 1.165) is 42.9 Å². The Balaban J connectivity index is 1.51. The summed E-state index contributed by atoms with van der Waals surface area (Å²) in [6.45, 7) is 3.96. The zero-order valence-corrected chi connectivity index (χ0v) is 13.5. The number of halogens is 1. The summed E-state index contributed by atoms with van der Waals surface area (Å²) in [5.41, 5.74) is 2.88. The molecule has 1 N–H and O–H groups in total. The molecule has 0 aliphatic carbocycles. The molecule has 0 atom stereocenters. The van der Waals surface area contributed by atoms with Gasteiger partial charge in [0.05, 0.1) is 23.8 Å². The van der Waals surface area contributed by atoms with Crippen molar-refractivity contribution in [2.75, 3.05) is 13.1 Å². The van der Waals surface area contributed by atoms with Crippen LogP contribution in [0.3, 0.4) is 0 Å². The Bertz CT molecular complexity index is 799. The lowest BCUT2D eigenvalue weighted by Gasteiger charge is -2.28. The molecule has 0 saturated carbocycles. The van der Waals surface area contributed by atoms with Crippen LogP contribution in [0.2, 0.25) is 0 Å². The Hall–Kier alpha value is -2.41. The smallest absolute Gasteiger partial charge is 0.161 e. The molecule has 24 heavy (non-hydrogen) atoms. The van der Waals surface area contributed by atoms with Crippen LogP contribution < -0.4 is 5.32 Å². The molecule has 6 nitrogen and oxygen atoms in total. The molecule has 1 fully saturated rings. The molecule has 1 spiro atoms. The zero-order chi connectivity index (χ0) is 16.6. The summed E-state index contributed by atoms with van der Waals surface area (Å²) in [5, 5.41) is 7.27. The topological polar surface area (TPSA) is 67.5 Å². The van der Waals surface area contributed by atoms with Crippen LogP contribution in [0.15, 0.2) is 40.7 Å². The quantitative estimate of drug-likeness (QED) is 0.937. The first-order chi connectivity index (χ1) is 11.6. The second-order valence-electron chi connectivity index (χ2n) is 6.29. The fourth-order valence-corrected chi connectivity index (χ4v) is 3.23. The van der Waals surface area contributed by atoms with Crippen molar-refractivity contribution in [3.8, 4) is 5.82 Å². The summed E-state index contributed by atoms with van der Waals surface area (Å²) in [5.74, 6) is 0.219. The van der Waals surface area contributed by atoms with Gasteiger partial charge in [0.15, 0.2) is 17.3 Å². The fraction of sp³-hybridized carbons (Fsp3) is 0.412. The van der Waals surface area contributed by atoms with Crippen LogP contribution in [0.1, 0.15) is 25.3 Å². The van der Waals surface area contributed by atoms with E-state index in [0.29, 0.717) is 12.2 Å². The molecule has 7 heteroatoms. The average molecular weight is 326 g/mol. The highest BCUT2D eigenvalue weighted by atomic mass is 19.1. The van der Waals surface area contributed by atoms with Gasteiger partial charge in [0, 0.05) is 25.5 Å². The van der Waals surface area contributed by atoms with Crippen molar-refractivity contribution in [2.45, 2.75) is 31.8 Å². The lowest BCUT2D eigenvalue weighted by atomic mass is 10.0. The highest BCUT2D eigenvalue weighted by molar-refractivity contribution is 6.43. The van der Waals surface area contributed by atoms with Crippen molar-refractivity contribution in [3.05, 3.63) is 42.1 Å². The second kappa shape index (κ2) is 5.90. The third-order valence-electron chi connectivity index (χ3n) is 4.51. The van der Waals surface area contributed by atoms with E-state index in [1.54, 1.807) is 6.20 Å². The van der Waals surface area contributed by atoms with Gasteiger partial charge in [-0.05, 0) is 31.6 Å². The molecule has 0 bridgehead atoms. The van der Waals surface area contributed by atoms with Crippen LogP contribution in [-0.2, 0) is 6.42 Å². The van der Waals surface area contributed by atoms with Crippen molar-refractivity contribution in [3.63, 3.8) is 0 Å². The summed E-state index contributed by atoms with van der Waals surface area (Å²) in [7, 11) is 0. The normalized spacial score (nSPS) is 19.4. The standard InChI is InChI=1S/C17H19FN6/c1-12-15(23-17(22-12)4-6-19-7-5-17)8-13-2-3-16(20-9-13)24-11-14(18)10-21-24/h2-3,9-11,19H,4-8H2,1H3. The Kier molecular flexibility index (Phi) is 3.72. The van der Waals surface area contributed by atoms with Crippen LogP contribution in [0, 0.1) is 5.82 Å². The minimum atomic E-state index is -0.375. The molecule has 2 aromatic rings. The summed E-state index contributed by atoms with van der Waals surface area (Å²) >= 11 is 0. The van der Waals surface area contributed by atoms with E-state index >= 15 is 0 Å². The monoisotopic (exact) mass is 326 g/mol. The Labute approximate surface area is 139 Å². The Morgan fingerprint density at radius 2 is 2.04 bits per heavy atom. The molecule has 0 amide bonds. The van der Waals surface area contributed by atoms with Gasteiger partial charge in [-0.15, -0.1) is 0 Å². The molecular weight excluding hydrogens is 307 g/mol. The first-order valence-corrected chi connectivity index (χ1v) is 8.15. The molecular formula is C17H19FN6. The molecule has 2 aliphatic heterocycles. The van der Waals surface area contributed by atoms with Gasteiger partial charge >= 0.3 is 0 Å². The molecule has 2 aromatic heterocycles. The highest BCUT2D eigenvalue weighted by Crippen LogP contribution is 2.30. The number of hydrogen-bond acceptors (Lipinski definition) is 5. The van der Waals surface area contributed by atoms with Crippen LogP contribution in [0.4, 0.5) is 4.39 Å². The van der Waals surface area contributed by atoms with Crippen molar-refractivity contribution >= 4 is 11.4 Å². The van der Waals surface area contributed by atoms with Gasteiger partial charge in [0.2, 0.25) is 0 Å². The Morgan fingerprint density at radius 3 is 2.71 bits per heavy atom. The molecule has 1 saturated heterocycles. The highest BCUT2D eigenvalue weighted by Gasteiger charge is 2.35. The maximum absolute atomic E-state index is 13.0. The van der Waals surface area contributed by atoms with Crippen LogP contribution in [-0.4, -0.2) is 44.9 Å². The van der Waals surface area contributed by atoms with E-state index in [4.69, 9.17) is 9.98 Å². The molecule has 124 valence electrons. The SMILES string of the molecule is CC1=NC2(CCNCC2)N=C1Cc1ccc(-n2cc(F)cn2)nc1. The maximum Gasteiger partial charge on any atom is 0.161 e. The van der Waals surface area contributed by atoms with Crippen molar-refractivity contribution in [1.29, 1.82) is 0 Å². The minimum Gasteiger partial charge on any atom is -0.316 e. The number of pyridine rings is 1. The van der Waals surface area contributed by atoms with E-state index < -0.39 is 0 Å². The lowest BCUT2D eigenvalue weighted by Crippen LogP contribution is -2.38. The molecule has 2 aliphatic rings. The van der Waals surface area contributed by atoms with Gasteiger partial charge < -0.3 is 5.32 Å². The third kappa shape index (κ3) is 2.87. The van der Waals surface area contributed by atoms with Gasteiger partial charge in [-0.2, -0.15) is 5.10 Å². The van der Waals surface area contributed by atoms with Crippen LogP contribution in [0.5, 0.6) is 0 Å². The van der Waals surface area contributed by atoms with E-state index in [9.17, 15) is 4.39 Å². The number of rotatable bonds is 3. The molecule has 0 unspecified atom stereocenters. The number of hydrogen-bond donors (Lipinski definition) is 1. The van der Waals surface area contributed by atoms with Crippen LogP contribution in [0.25, 0.3) is 5.82 Å². The summed E-state index contributed by atoms with van der Waals surface area (Å²) in [4.78, 5) is 14.1. The lowest BCUT2D eigenvalue weighted by molar-refractivity contribution is 0.331. The summed E-state index contributed by atoms with van der Waals surface area (Å²) in [6.07, 6.45) is 6.89. The predicted octanol–water partition coefficient (Wildman–Crippen LogP) is 1.94. The predicted molar refractivity (Wildman–Crippen MR) is 90.4 cm³/mol. The molecule has 0 radical (unpaired) electrons. The van der Waals surface area contributed by atoms with Crippen molar-refractivity contribution in [2.24, 2.45) is 9.98 Å². The first-order valence-electron chi connectivity index (χ1n) is 8.15. The van der Waals surface area contributed by atoms with E-state index in [1.165, 1.54) is 17.1 Å². The fourth-order valence-electron chi connectivity index (χ4n) is 3.23. The second-order valence-corrected chi connectivity index (χ2v) is 6.29. The number of aliphatic imine (C=N–C) groups is 2. The largest absolute Gasteiger partial charge is 0.316 e. The summed E-state index contributed by atoms with van der Waals surface area (Å²) in [6, 6.07) is 3.81. The Morgan fingerprint density at radius 1 is 1.21 bits per heavy atom. The van der Waals surface area contributed by atoms with Crippen LogP contribution >= 0.6 is 0 Å². The van der Waals surface area contributed by atoms with E-state index in [-0.39, 0.29) is 11.5 Å². The van der Waals surface area contributed by atoms with Gasteiger partial charge in [-0.25, -0.2) is 14.1 Å². The molecule has 0 aromatic carbocycles.